The van der Waals surface area contributed by atoms with E-state index in [2.05, 4.69) is 164 Å². The summed E-state index contributed by atoms with van der Waals surface area (Å²) in [5.74, 6) is 11.4. The average molecular weight is 745 g/mol. The maximum atomic E-state index is 2.35. The third kappa shape index (κ3) is 16.5. The minimum atomic E-state index is 0.880. The van der Waals surface area contributed by atoms with Crippen LogP contribution in [0.5, 0.6) is 0 Å². The zero-order valence-electron chi connectivity index (χ0n) is 40.7. The molecule has 0 aromatic rings. The zero-order valence-corrected chi connectivity index (χ0v) is 40.7. The van der Waals surface area contributed by atoms with Crippen molar-refractivity contribution in [3.05, 3.63) is 67.9 Å². The molecule has 0 amide bonds. The highest BCUT2D eigenvalue weighted by molar-refractivity contribution is 5.25. The molecule has 0 aromatic carbocycles. The molecule has 312 valence electrons. The van der Waals surface area contributed by atoms with E-state index in [1.54, 1.807) is 55.7 Å². The van der Waals surface area contributed by atoms with E-state index in [1.807, 2.05) is 0 Å². The van der Waals surface area contributed by atoms with Crippen molar-refractivity contribution in [1.82, 2.24) is 0 Å². The summed E-state index contributed by atoms with van der Waals surface area (Å²) in [6, 6.07) is 0. The van der Waals surface area contributed by atoms with Gasteiger partial charge < -0.3 is 0 Å². The fourth-order valence-corrected chi connectivity index (χ4v) is 8.93. The summed E-state index contributed by atoms with van der Waals surface area (Å²) in [5, 5.41) is 0. The predicted octanol–water partition coefficient (Wildman–Crippen LogP) is 18.0. The molecule has 8 aliphatic rings. The highest BCUT2D eigenvalue weighted by Crippen LogP contribution is 2.40. The molecule has 0 aliphatic heterocycles. The Morgan fingerprint density at radius 2 is 0.500 bits per heavy atom. The smallest absolute Gasteiger partial charge is 0.0195 e. The molecular weight excluding hydrogens is 649 g/mol. The molecule has 0 heterocycles. The molecule has 0 saturated heterocycles. The van der Waals surface area contributed by atoms with E-state index < -0.39 is 0 Å². The van der Waals surface area contributed by atoms with Crippen molar-refractivity contribution in [2.45, 2.75) is 204 Å². The van der Waals surface area contributed by atoms with Crippen molar-refractivity contribution >= 4 is 0 Å². The predicted molar refractivity (Wildman–Crippen MR) is 248 cm³/mol. The van der Waals surface area contributed by atoms with Gasteiger partial charge in [-0.3, -0.25) is 0 Å². The Hall–Kier alpha value is -1.56. The average Bonchev–Trinajstić information content (AvgIpc) is 3.12. The van der Waals surface area contributed by atoms with Gasteiger partial charge in [-0.15, -0.1) is 0 Å². The first-order chi connectivity index (χ1) is 24.9. The Morgan fingerprint density at radius 1 is 0.315 bits per heavy atom. The molecular formula is C54H96. The summed E-state index contributed by atoms with van der Waals surface area (Å²) in [6.07, 6.45) is 15.6. The molecule has 10 unspecified atom stereocenters. The highest BCUT2D eigenvalue weighted by Gasteiger charge is 2.30. The lowest BCUT2D eigenvalue weighted by atomic mass is 9.68. The number of allylic oxidation sites excluding steroid dienone is 12. The second-order valence-corrected chi connectivity index (χ2v) is 20.8. The molecule has 10 atom stereocenters. The fraction of sp³-hybridized carbons (Fsp3) is 0.778. The van der Waals surface area contributed by atoms with E-state index in [1.165, 1.54) is 51.4 Å². The van der Waals surface area contributed by atoms with Gasteiger partial charge in [0.05, 0.1) is 0 Å². The van der Waals surface area contributed by atoms with Crippen LogP contribution >= 0.6 is 0 Å². The van der Waals surface area contributed by atoms with Gasteiger partial charge in [0.1, 0.15) is 0 Å². The number of hydrogen-bond donors (Lipinski definition) is 0. The molecule has 8 rings (SSSR count). The van der Waals surface area contributed by atoms with Crippen LogP contribution < -0.4 is 0 Å². The van der Waals surface area contributed by atoms with E-state index in [9.17, 15) is 0 Å². The van der Waals surface area contributed by atoms with Crippen LogP contribution in [-0.2, 0) is 0 Å². The Balaban J connectivity index is 0.000000309. The molecule has 0 N–H and O–H groups in total. The molecule has 8 aliphatic carbocycles. The van der Waals surface area contributed by atoms with Gasteiger partial charge >= 0.3 is 0 Å². The van der Waals surface area contributed by atoms with Crippen molar-refractivity contribution in [2.24, 2.45) is 71.0 Å². The van der Waals surface area contributed by atoms with Gasteiger partial charge in [-0.2, -0.15) is 0 Å². The standard InChI is InChI=1S/2C7H14.4C7H12.2C6H10/c6*1-5-4-6(2)7(5)3;2*1-5-3-6(2)4-5/h2*5-7H,4H2,1-3H3;4*5H,4H2,1-3H3;2*3,5H,4H2,1-2H3. The maximum Gasteiger partial charge on any atom is -0.0195 e. The molecule has 0 spiro atoms. The van der Waals surface area contributed by atoms with Crippen LogP contribution in [-0.4, -0.2) is 0 Å². The van der Waals surface area contributed by atoms with E-state index in [4.69, 9.17) is 0 Å². The Kier molecular flexibility index (Phi) is 22.1. The van der Waals surface area contributed by atoms with Gasteiger partial charge in [0, 0.05) is 0 Å². The van der Waals surface area contributed by atoms with Gasteiger partial charge in [0.25, 0.3) is 0 Å². The van der Waals surface area contributed by atoms with E-state index in [0.29, 0.717) is 0 Å². The lowest BCUT2D eigenvalue weighted by molar-refractivity contribution is 0.120. The quantitative estimate of drug-likeness (QED) is 0.217. The number of rotatable bonds is 0. The molecule has 2 fully saturated rings. The molecule has 54 heavy (non-hydrogen) atoms. The normalized spacial score (nSPS) is 36.0. The van der Waals surface area contributed by atoms with Crippen LogP contribution in [0.2, 0.25) is 0 Å². The van der Waals surface area contributed by atoms with E-state index in [0.717, 1.165) is 71.0 Å². The summed E-state index contributed by atoms with van der Waals surface area (Å²) < 4.78 is 0. The van der Waals surface area contributed by atoms with Crippen LogP contribution in [0.15, 0.2) is 67.9 Å². The summed E-state index contributed by atoms with van der Waals surface area (Å²) in [4.78, 5) is 0. The summed E-state index contributed by atoms with van der Waals surface area (Å²) in [7, 11) is 0. The SMILES string of the molecule is CC1=C(C)C(C)C1.CC1=C(C)C(C)C1.CC1=C(C)C(C)C1.CC1=C(C)C(C)C1.CC1=CC(C)C1.CC1=CC(C)C1.CC1CC(C)C1C.CC1CC(C)C1C. The minimum Gasteiger partial charge on any atom is -0.0824 e. The number of hydrogen-bond acceptors (Lipinski definition) is 0. The zero-order chi connectivity index (χ0) is 41.8. The second-order valence-electron chi connectivity index (χ2n) is 20.8. The first-order valence-corrected chi connectivity index (χ1v) is 22.9. The van der Waals surface area contributed by atoms with E-state index >= 15 is 0 Å². The third-order valence-electron chi connectivity index (χ3n) is 15.6. The topological polar surface area (TPSA) is 0 Å². The Bertz CT molecular complexity index is 1170. The molecule has 0 nitrogen and oxygen atoms in total. The first-order valence-electron chi connectivity index (χ1n) is 22.9. The summed E-state index contributed by atoms with van der Waals surface area (Å²) in [5.41, 5.74) is 16.0. The van der Waals surface area contributed by atoms with Crippen molar-refractivity contribution in [3.8, 4) is 0 Å². The molecule has 0 radical (unpaired) electrons. The third-order valence-corrected chi connectivity index (χ3v) is 15.6. The maximum absolute atomic E-state index is 2.35. The lowest BCUT2D eigenvalue weighted by Crippen LogP contribution is -2.29. The van der Waals surface area contributed by atoms with Crippen LogP contribution in [0.3, 0.4) is 0 Å². The second kappa shape index (κ2) is 23.6. The monoisotopic (exact) mass is 745 g/mol. The van der Waals surface area contributed by atoms with Gasteiger partial charge in [-0.25, -0.2) is 0 Å². The van der Waals surface area contributed by atoms with Crippen LogP contribution in [0.4, 0.5) is 0 Å². The minimum absolute atomic E-state index is 0.880. The van der Waals surface area contributed by atoms with Gasteiger partial charge in [0.15, 0.2) is 0 Å². The summed E-state index contributed by atoms with van der Waals surface area (Å²) >= 11 is 0. The Morgan fingerprint density at radius 3 is 0.500 bits per heavy atom. The lowest BCUT2D eigenvalue weighted by Gasteiger charge is -2.38. The fourth-order valence-electron chi connectivity index (χ4n) is 8.93. The van der Waals surface area contributed by atoms with Crippen LogP contribution in [0.1, 0.15) is 204 Å². The van der Waals surface area contributed by atoms with Gasteiger partial charge in [-0.1, -0.05) is 151 Å². The largest absolute Gasteiger partial charge is 0.0824 e. The molecule has 2 saturated carbocycles. The van der Waals surface area contributed by atoms with Crippen molar-refractivity contribution in [3.63, 3.8) is 0 Å². The van der Waals surface area contributed by atoms with Crippen molar-refractivity contribution in [1.29, 1.82) is 0 Å². The Labute approximate surface area is 341 Å². The van der Waals surface area contributed by atoms with Crippen LogP contribution in [0.25, 0.3) is 0 Å². The highest BCUT2D eigenvalue weighted by atomic mass is 14.4. The first kappa shape index (κ1) is 50.5. The van der Waals surface area contributed by atoms with E-state index in [-0.39, 0.29) is 0 Å². The van der Waals surface area contributed by atoms with Crippen LogP contribution in [0, 0.1) is 71.0 Å². The van der Waals surface area contributed by atoms with Gasteiger partial charge in [0.2, 0.25) is 0 Å². The van der Waals surface area contributed by atoms with Crippen molar-refractivity contribution < 1.29 is 0 Å². The molecule has 0 heteroatoms. The molecule has 0 bridgehead atoms. The molecule has 0 aromatic heterocycles. The van der Waals surface area contributed by atoms with Crippen molar-refractivity contribution in [2.75, 3.05) is 0 Å². The van der Waals surface area contributed by atoms with Gasteiger partial charge in [-0.05, 0) is 192 Å². The summed E-state index contributed by atoms with van der Waals surface area (Å²) in [6.45, 7) is 49.8.